The molecule has 1 aliphatic rings. The number of nitrogens with zero attached hydrogens (tertiary/aromatic N) is 4. The SMILES string of the molecule is CC1CCCC(C)N1C(=O)CSc1nnc(-c2ccco2)n1Cc1ccccc1. The number of rotatable bonds is 6. The van der Waals surface area contributed by atoms with Gasteiger partial charge in [-0.15, -0.1) is 10.2 Å². The van der Waals surface area contributed by atoms with E-state index in [0.717, 1.165) is 23.6 Å². The molecule has 0 aliphatic carbocycles. The van der Waals surface area contributed by atoms with Crippen LogP contribution in [0.2, 0.25) is 0 Å². The number of carbonyl (C=O) groups excluding carboxylic acids is 1. The maximum Gasteiger partial charge on any atom is 0.233 e. The third-order valence-electron chi connectivity index (χ3n) is 5.45. The van der Waals surface area contributed by atoms with Crippen molar-refractivity contribution in [3.8, 4) is 11.6 Å². The molecular weight excluding hydrogens is 384 g/mol. The molecule has 2 unspecified atom stereocenters. The number of benzene rings is 1. The van der Waals surface area contributed by atoms with E-state index in [1.807, 2.05) is 39.8 Å². The van der Waals surface area contributed by atoms with Crippen LogP contribution in [0.1, 0.15) is 38.7 Å². The number of hydrogen-bond donors (Lipinski definition) is 0. The summed E-state index contributed by atoms with van der Waals surface area (Å²) in [6, 6.07) is 14.5. The first kappa shape index (κ1) is 19.8. The van der Waals surface area contributed by atoms with Gasteiger partial charge in [-0.2, -0.15) is 0 Å². The highest BCUT2D eigenvalue weighted by Gasteiger charge is 2.29. The largest absolute Gasteiger partial charge is 0.461 e. The molecule has 2 aromatic heterocycles. The zero-order chi connectivity index (χ0) is 20.2. The van der Waals surface area contributed by atoms with Crippen LogP contribution in [-0.4, -0.2) is 43.4 Å². The van der Waals surface area contributed by atoms with Crippen molar-refractivity contribution in [2.45, 2.75) is 56.9 Å². The monoisotopic (exact) mass is 410 g/mol. The third kappa shape index (κ3) is 4.40. The predicted molar refractivity (Wildman–Crippen MR) is 114 cm³/mol. The number of likely N-dealkylation sites (tertiary alicyclic amines) is 1. The normalized spacial score (nSPS) is 19.4. The summed E-state index contributed by atoms with van der Waals surface area (Å²) in [4.78, 5) is 15.0. The van der Waals surface area contributed by atoms with Crippen LogP contribution in [0, 0.1) is 0 Å². The molecule has 0 radical (unpaired) electrons. The molecule has 0 N–H and O–H groups in total. The van der Waals surface area contributed by atoms with Crippen LogP contribution >= 0.6 is 11.8 Å². The van der Waals surface area contributed by atoms with Gasteiger partial charge in [-0.1, -0.05) is 42.1 Å². The summed E-state index contributed by atoms with van der Waals surface area (Å²) in [5.74, 6) is 1.88. The Balaban J connectivity index is 1.54. The number of piperidine rings is 1. The standard InChI is InChI=1S/C22H26N4O2S/c1-16-8-6-9-17(2)26(16)20(27)15-29-22-24-23-21(19-12-7-13-28-19)25(22)14-18-10-4-3-5-11-18/h3-5,7,10-13,16-17H,6,8-9,14-15H2,1-2H3. The van der Waals surface area contributed by atoms with E-state index >= 15 is 0 Å². The number of furan rings is 1. The van der Waals surface area contributed by atoms with Gasteiger partial charge in [0.05, 0.1) is 18.6 Å². The van der Waals surface area contributed by atoms with Gasteiger partial charge < -0.3 is 9.32 Å². The van der Waals surface area contributed by atoms with E-state index in [4.69, 9.17) is 4.42 Å². The highest BCUT2D eigenvalue weighted by Crippen LogP contribution is 2.28. The molecule has 2 atom stereocenters. The van der Waals surface area contributed by atoms with E-state index in [-0.39, 0.29) is 5.91 Å². The molecule has 1 amide bonds. The molecule has 0 bridgehead atoms. The molecule has 29 heavy (non-hydrogen) atoms. The first-order valence-electron chi connectivity index (χ1n) is 10.1. The van der Waals surface area contributed by atoms with Crippen LogP contribution in [0.3, 0.4) is 0 Å². The molecule has 7 heteroatoms. The quantitative estimate of drug-likeness (QED) is 0.561. The lowest BCUT2D eigenvalue weighted by atomic mass is 9.98. The zero-order valence-corrected chi connectivity index (χ0v) is 17.6. The van der Waals surface area contributed by atoms with Crippen LogP contribution < -0.4 is 0 Å². The number of aromatic nitrogens is 3. The van der Waals surface area contributed by atoms with Gasteiger partial charge in [0.25, 0.3) is 0 Å². The highest BCUT2D eigenvalue weighted by molar-refractivity contribution is 7.99. The Hall–Kier alpha value is -2.54. The highest BCUT2D eigenvalue weighted by atomic mass is 32.2. The molecule has 0 spiro atoms. The fourth-order valence-electron chi connectivity index (χ4n) is 4.01. The summed E-state index contributed by atoms with van der Waals surface area (Å²) in [5, 5.41) is 9.44. The maximum atomic E-state index is 12.9. The molecule has 1 fully saturated rings. The number of thioether (sulfide) groups is 1. The molecule has 3 heterocycles. The Labute approximate surface area is 175 Å². The van der Waals surface area contributed by atoms with Gasteiger partial charge in [0.2, 0.25) is 11.7 Å². The van der Waals surface area contributed by atoms with Crippen molar-refractivity contribution in [3.05, 3.63) is 54.3 Å². The maximum absolute atomic E-state index is 12.9. The smallest absolute Gasteiger partial charge is 0.233 e. The minimum absolute atomic E-state index is 0.170. The Morgan fingerprint density at radius 2 is 1.86 bits per heavy atom. The summed E-state index contributed by atoms with van der Waals surface area (Å²) >= 11 is 1.45. The molecule has 1 saturated heterocycles. The van der Waals surface area contributed by atoms with E-state index < -0.39 is 0 Å². The van der Waals surface area contributed by atoms with Crippen molar-refractivity contribution >= 4 is 17.7 Å². The molecule has 1 aliphatic heterocycles. The Morgan fingerprint density at radius 1 is 1.10 bits per heavy atom. The third-order valence-corrected chi connectivity index (χ3v) is 6.40. The summed E-state index contributed by atoms with van der Waals surface area (Å²) in [7, 11) is 0. The first-order valence-corrected chi connectivity index (χ1v) is 11.1. The number of hydrogen-bond acceptors (Lipinski definition) is 5. The molecular formula is C22H26N4O2S. The fourth-order valence-corrected chi connectivity index (χ4v) is 4.81. The van der Waals surface area contributed by atoms with Gasteiger partial charge in [-0.25, -0.2) is 0 Å². The number of amides is 1. The lowest BCUT2D eigenvalue weighted by molar-refractivity contribution is -0.134. The second-order valence-corrected chi connectivity index (χ2v) is 8.52. The van der Waals surface area contributed by atoms with Crippen molar-refractivity contribution < 1.29 is 9.21 Å². The Morgan fingerprint density at radius 3 is 2.55 bits per heavy atom. The molecule has 6 nitrogen and oxygen atoms in total. The molecule has 152 valence electrons. The van der Waals surface area contributed by atoms with Gasteiger partial charge >= 0.3 is 0 Å². The van der Waals surface area contributed by atoms with Crippen LogP contribution in [0.15, 0.2) is 58.3 Å². The van der Waals surface area contributed by atoms with Crippen molar-refractivity contribution in [1.29, 1.82) is 0 Å². The lowest BCUT2D eigenvalue weighted by Gasteiger charge is -2.39. The van der Waals surface area contributed by atoms with Crippen LogP contribution in [-0.2, 0) is 11.3 Å². The zero-order valence-electron chi connectivity index (χ0n) is 16.8. The van der Waals surface area contributed by atoms with Crippen molar-refractivity contribution in [2.24, 2.45) is 0 Å². The molecule has 1 aromatic carbocycles. The molecule has 0 saturated carbocycles. The summed E-state index contributed by atoms with van der Waals surface area (Å²) in [6.07, 6.45) is 4.98. The van der Waals surface area contributed by atoms with Crippen molar-refractivity contribution in [3.63, 3.8) is 0 Å². The molecule has 3 aromatic rings. The van der Waals surface area contributed by atoms with Gasteiger partial charge in [0.15, 0.2) is 10.9 Å². The van der Waals surface area contributed by atoms with Crippen LogP contribution in [0.4, 0.5) is 0 Å². The average Bonchev–Trinajstić information content (AvgIpc) is 3.37. The van der Waals surface area contributed by atoms with Crippen molar-refractivity contribution in [2.75, 3.05) is 5.75 Å². The minimum atomic E-state index is 0.170. The van der Waals surface area contributed by atoms with Gasteiger partial charge in [0.1, 0.15) is 0 Å². The van der Waals surface area contributed by atoms with E-state index in [1.54, 1.807) is 6.26 Å². The van der Waals surface area contributed by atoms with E-state index in [0.29, 0.717) is 36.0 Å². The number of carbonyl (C=O) groups is 1. The summed E-state index contributed by atoms with van der Waals surface area (Å²) in [6.45, 7) is 4.91. The predicted octanol–water partition coefficient (Wildman–Crippen LogP) is 4.47. The summed E-state index contributed by atoms with van der Waals surface area (Å²) < 4.78 is 7.58. The van der Waals surface area contributed by atoms with Crippen LogP contribution in [0.5, 0.6) is 0 Å². The second kappa shape index (κ2) is 8.86. The lowest BCUT2D eigenvalue weighted by Crippen LogP contribution is -2.48. The van der Waals surface area contributed by atoms with E-state index in [2.05, 4.69) is 36.2 Å². The van der Waals surface area contributed by atoms with Gasteiger partial charge in [-0.05, 0) is 50.8 Å². The Kier molecular flexibility index (Phi) is 6.04. The summed E-state index contributed by atoms with van der Waals surface area (Å²) in [5.41, 5.74) is 1.14. The molecule has 4 rings (SSSR count). The van der Waals surface area contributed by atoms with Crippen molar-refractivity contribution in [1.82, 2.24) is 19.7 Å². The fraction of sp³-hybridized carbons (Fsp3) is 0.409. The topological polar surface area (TPSA) is 64.2 Å². The average molecular weight is 411 g/mol. The second-order valence-electron chi connectivity index (χ2n) is 7.57. The van der Waals surface area contributed by atoms with Gasteiger partial charge in [-0.3, -0.25) is 9.36 Å². The first-order chi connectivity index (χ1) is 14.1. The van der Waals surface area contributed by atoms with E-state index in [9.17, 15) is 4.79 Å². The van der Waals surface area contributed by atoms with E-state index in [1.165, 1.54) is 18.2 Å². The minimum Gasteiger partial charge on any atom is -0.461 e. The Bertz CT molecular complexity index is 929. The van der Waals surface area contributed by atoms with Crippen LogP contribution in [0.25, 0.3) is 11.6 Å². The van der Waals surface area contributed by atoms with Gasteiger partial charge in [0, 0.05) is 12.1 Å².